The Bertz CT molecular complexity index is 2080. The summed E-state index contributed by atoms with van der Waals surface area (Å²) in [5, 5.41) is 24.2. The molecule has 1 aliphatic heterocycles. The first-order valence-corrected chi connectivity index (χ1v) is 24.1. The quantitative estimate of drug-likeness (QED) is 0.0577. The Balaban J connectivity index is 1.36. The van der Waals surface area contributed by atoms with Crippen LogP contribution in [0.3, 0.4) is 0 Å². The van der Waals surface area contributed by atoms with E-state index in [1.165, 1.54) is 24.6 Å². The monoisotopic (exact) mass is 948 g/mol. The van der Waals surface area contributed by atoms with E-state index < -0.39 is 101 Å². The number of ketones is 1. The minimum atomic E-state index is -1.82. The first-order valence-electron chi connectivity index (χ1n) is 20.9. The standard InChI is InChI=1S/C46H54Cl2O13S2/c1-25(28-14-9-7-10-15-28)37(60-43(55)56-19-21-63-62-20-13-18-34(47)48)42(54)58-31-22-30-38(59-41(53)29-16-11-8-12-17-29)39-45(6,40(52)36(51)35(26(31)2)44(30,4)5)32(50)23-33-46(39,24-57-33)61-27(3)49/h7-12,14-18,25,30-33,36-39,50-51H,13,19-24H2,1-6H3/t25-,30+,31-,32-,33+,36+,37+,38?,39-,45+,46-/m0/s1. The molecule has 1 heterocycles. The van der Waals surface area contributed by atoms with Gasteiger partial charge in [-0.2, -0.15) is 0 Å². The first kappa shape index (κ1) is 48.9. The maximum absolute atomic E-state index is 15.0. The van der Waals surface area contributed by atoms with E-state index in [9.17, 15) is 29.4 Å². The molecule has 3 fully saturated rings. The van der Waals surface area contributed by atoms with Crippen molar-refractivity contribution in [1.29, 1.82) is 0 Å². The highest BCUT2D eigenvalue weighted by Gasteiger charge is 2.75. The smallest absolute Gasteiger partial charge is 0.458 e. The Hall–Kier alpha value is -3.57. The number of Topliss-reactive ketones (excluding diaryl/α,β-unsaturated/α-hetero) is 1. The molecule has 2 saturated carbocycles. The minimum absolute atomic E-state index is 0.000791. The number of ether oxygens (including phenoxy) is 6. The summed E-state index contributed by atoms with van der Waals surface area (Å²) in [4.78, 5) is 69.9. The normalized spacial score (nSPS) is 30.4. The number of allylic oxidation sites excluding steroid dienone is 1. The molecule has 13 nitrogen and oxygen atoms in total. The molecule has 17 heteroatoms. The summed E-state index contributed by atoms with van der Waals surface area (Å²) < 4.78 is 36.1. The lowest BCUT2D eigenvalue weighted by atomic mass is 9.46. The predicted octanol–water partition coefficient (Wildman–Crippen LogP) is 7.93. The minimum Gasteiger partial charge on any atom is -0.458 e. The first-order chi connectivity index (χ1) is 29.8. The van der Waals surface area contributed by atoms with Crippen molar-refractivity contribution < 1.29 is 62.6 Å². The van der Waals surface area contributed by atoms with Crippen molar-refractivity contribution in [3.8, 4) is 0 Å². The van der Waals surface area contributed by atoms with Gasteiger partial charge >= 0.3 is 24.1 Å². The highest BCUT2D eigenvalue weighted by atomic mass is 35.5. The largest absolute Gasteiger partial charge is 0.509 e. The summed E-state index contributed by atoms with van der Waals surface area (Å²) in [5.74, 6) is -4.71. The van der Waals surface area contributed by atoms with Crippen molar-refractivity contribution in [3.63, 3.8) is 0 Å². The number of fused-ring (bicyclic) bond motifs is 5. The van der Waals surface area contributed by atoms with Crippen LogP contribution >= 0.6 is 44.8 Å². The number of aliphatic hydroxyl groups excluding tert-OH is 2. The number of carbonyl (C=O) groups is 5. The van der Waals surface area contributed by atoms with E-state index in [1.54, 1.807) is 85.3 Å². The molecular weight excluding hydrogens is 896 g/mol. The van der Waals surface area contributed by atoms with E-state index >= 15 is 4.79 Å². The van der Waals surface area contributed by atoms with Crippen molar-refractivity contribution >= 4 is 74.6 Å². The molecule has 2 aromatic rings. The lowest BCUT2D eigenvalue weighted by Crippen LogP contribution is -2.79. The van der Waals surface area contributed by atoms with Gasteiger partial charge in [0.25, 0.3) is 0 Å². The van der Waals surface area contributed by atoms with Gasteiger partial charge < -0.3 is 38.6 Å². The molecular formula is C46H54Cl2O13S2. The fraction of sp³-hybridized carbons (Fsp3) is 0.543. The zero-order chi connectivity index (χ0) is 45.9. The van der Waals surface area contributed by atoms with Gasteiger partial charge in [-0.25, -0.2) is 14.4 Å². The molecule has 2 aromatic carbocycles. The fourth-order valence-corrected chi connectivity index (χ4v) is 12.0. The summed E-state index contributed by atoms with van der Waals surface area (Å²) in [6.07, 6.45) is -6.82. The molecule has 2 N–H and O–H groups in total. The average molecular weight is 950 g/mol. The van der Waals surface area contributed by atoms with Gasteiger partial charge in [-0.3, -0.25) is 9.59 Å². The van der Waals surface area contributed by atoms with Crippen LogP contribution < -0.4 is 0 Å². The molecule has 0 spiro atoms. The second kappa shape index (κ2) is 20.3. The summed E-state index contributed by atoms with van der Waals surface area (Å²) in [6.45, 7) is 9.57. The van der Waals surface area contributed by atoms with E-state index in [-0.39, 0.29) is 41.7 Å². The zero-order valence-electron chi connectivity index (χ0n) is 36.0. The molecule has 342 valence electrons. The third-order valence-corrected chi connectivity index (χ3v) is 15.9. The Morgan fingerprint density at radius 2 is 1.60 bits per heavy atom. The summed E-state index contributed by atoms with van der Waals surface area (Å²) in [5.41, 5.74) is -2.99. The number of rotatable bonds is 15. The fourth-order valence-electron chi connectivity index (χ4n) is 9.98. The molecule has 3 aliphatic carbocycles. The Morgan fingerprint density at radius 3 is 2.22 bits per heavy atom. The number of hydrogen-bond donors (Lipinski definition) is 2. The Labute approximate surface area is 385 Å². The van der Waals surface area contributed by atoms with Crippen LogP contribution in [0.1, 0.15) is 82.6 Å². The molecule has 0 amide bonds. The van der Waals surface area contributed by atoms with Gasteiger partial charge in [0.1, 0.15) is 35.5 Å². The maximum Gasteiger partial charge on any atom is 0.509 e. The number of aliphatic hydroxyl groups is 2. The summed E-state index contributed by atoms with van der Waals surface area (Å²) in [7, 11) is 3.02. The second-order valence-corrected chi connectivity index (χ2v) is 20.9. The molecule has 6 rings (SSSR count). The van der Waals surface area contributed by atoms with E-state index in [2.05, 4.69) is 0 Å². The van der Waals surface area contributed by atoms with Gasteiger partial charge in [0.2, 0.25) is 6.10 Å². The van der Waals surface area contributed by atoms with Gasteiger partial charge in [0.15, 0.2) is 11.4 Å². The SMILES string of the molecule is CC(=O)O[C@@]12CO[C@@H]1C[C@H](O)[C@@]1(C)C(=O)[C@H](O)C3=C(C)[C@@H](OC(=O)[C@H](OC(=O)OCCSSCCC=C(Cl)Cl)[C@@H](C)c4ccccc4)C[C@H](C(OC(=O)c4ccccc4)[C@H]21)C3(C)C. The highest BCUT2D eigenvalue weighted by Crippen LogP contribution is 2.63. The molecule has 63 heavy (non-hydrogen) atoms. The van der Waals surface area contributed by atoms with E-state index in [0.29, 0.717) is 23.3 Å². The van der Waals surface area contributed by atoms with E-state index in [1.807, 2.05) is 19.9 Å². The molecule has 1 saturated heterocycles. The van der Waals surface area contributed by atoms with Crippen LogP contribution in [0.4, 0.5) is 4.79 Å². The van der Waals surface area contributed by atoms with Gasteiger partial charge in [-0.1, -0.05) is 120 Å². The van der Waals surface area contributed by atoms with Gasteiger partial charge in [-0.05, 0) is 60.9 Å². The lowest BCUT2D eigenvalue weighted by Gasteiger charge is -2.65. The predicted molar refractivity (Wildman–Crippen MR) is 238 cm³/mol. The van der Waals surface area contributed by atoms with Crippen molar-refractivity contribution in [2.24, 2.45) is 22.7 Å². The van der Waals surface area contributed by atoms with Crippen molar-refractivity contribution in [2.75, 3.05) is 24.7 Å². The number of hydrogen-bond acceptors (Lipinski definition) is 15. The average Bonchev–Trinajstić information content (AvgIpc) is 3.24. The zero-order valence-corrected chi connectivity index (χ0v) is 39.1. The lowest BCUT2D eigenvalue weighted by molar-refractivity contribution is -0.335. The van der Waals surface area contributed by atoms with Crippen LogP contribution in [-0.4, -0.2) is 107 Å². The van der Waals surface area contributed by atoms with Gasteiger partial charge in [0, 0.05) is 36.7 Å². The van der Waals surface area contributed by atoms with Crippen LogP contribution in [-0.2, 0) is 42.8 Å². The molecule has 0 radical (unpaired) electrons. The maximum atomic E-state index is 15.0. The molecule has 4 aliphatic rings. The van der Waals surface area contributed by atoms with Crippen molar-refractivity contribution in [3.05, 3.63) is 93.5 Å². The third kappa shape index (κ3) is 10.00. The van der Waals surface area contributed by atoms with Gasteiger partial charge in [-0.15, -0.1) is 0 Å². The highest BCUT2D eigenvalue weighted by molar-refractivity contribution is 8.76. The van der Waals surface area contributed by atoms with Crippen molar-refractivity contribution in [2.45, 2.75) is 109 Å². The van der Waals surface area contributed by atoms with E-state index in [0.717, 1.165) is 5.75 Å². The van der Waals surface area contributed by atoms with E-state index in [4.69, 9.17) is 51.6 Å². The third-order valence-electron chi connectivity index (χ3n) is 13.2. The molecule has 1 unspecified atom stereocenters. The second-order valence-electron chi connectivity index (χ2n) is 17.2. The van der Waals surface area contributed by atoms with Crippen LogP contribution in [0.2, 0.25) is 0 Å². The molecule has 2 bridgehead atoms. The van der Waals surface area contributed by atoms with Crippen LogP contribution in [0.25, 0.3) is 0 Å². The molecule has 11 atom stereocenters. The number of halogens is 2. The Morgan fingerprint density at radius 1 is 0.952 bits per heavy atom. The Kier molecular flexibility index (Phi) is 15.8. The summed E-state index contributed by atoms with van der Waals surface area (Å²) in [6, 6.07) is 17.2. The number of esters is 3. The number of benzene rings is 2. The van der Waals surface area contributed by atoms with Gasteiger partial charge in [0.05, 0.1) is 29.6 Å². The topological polar surface area (TPSA) is 181 Å². The molecule has 0 aromatic heterocycles. The van der Waals surface area contributed by atoms with Crippen LogP contribution in [0, 0.1) is 22.7 Å². The number of carbonyl (C=O) groups excluding carboxylic acids is 5. The van der Waals surface area contributed by atoms with Crippen LogP contribution in [0.15, 0.2) is 82.4 Å². The summed E-state index contributed by atoms with van der Waals surface area (Å²) >= 11 is 11.3. The van der Waals surface area contributed by atoms with Crippen LogP contribution in [0.5, 0.6) is 0 Å². The van der Waals surface area contributed by atoms with Crippen molar-refractivity contribution in [1.82, 2.24) is 0 Å².